The first-order valence-electron chi connectivity index (χ1n) is 6.37. The number of carbonyl (C=O) groups excluding carboxylic acids is 1. The topological polar surface area (TPSA) is 67.0 Å². The molecule has 0 aliphatic carbocycles. The van der Waals surface area contributed by atoms with Crippen LogP contribution in [0.4, 0.5) is 3.89 Å². The monoisotopic (exact) mass is 299 g/mol. The normalized spacial score (nSPS) is 25.2. The van der Waals surface area contributed by atoms with Crippen LogP contribution in [-0.2, 0) is 32.7 Å². The summed E-state index contributed by atoms with van der Waals surface area (Å²) in [5.41, 5.74) is 1.15. The van der Waals surface area contributed by atoms with Gasteiger partial charge < -0.3 is 9.64 Å². The Morgan fingerprint density at radius 2 is 2.15 bits per heavy atom. The molecule has 2 atom stereocenters. The quantitative estimate of drug-likeness (QED) is 0.604. The van der Waals surface area contributed by atoms with Gasteiger partial charge in [-0.2, -0.15) is 8.42 Å². The third-order valence-electron chi connectivity index (χ3n) is 3.75. The average Bonchev–Trinajstić information content (AvgIpc) is 3.12. The number of hydrogen-bond donors (Lipinski definition) is 0. The van der Waals surface area contributed by atoms with E-state index in [9.17, 15) is 17.1 Å². The van der Waals surface area contributed by atoms with Gasteiger partial charge in [-0.1, -0.05) is 12.1 Å². The van der Waals surface area contributed by atoms with E-state index in [1.807, 2.05) is 6.92 Å². The van der Waals surface area contributed by atoms with Gasteiger partial charge in [0.1, 0.15) is 4.90 Å². The molecular formula is C13H14FNO4S. The zero-order valence-corrected chi connectivity index (χ0v) is 11.7. The summed E-state index contributed by atoms with van der Waals surface area (Å²) in [6.45, 7) is 2.50. The van der Waals surface area contributed by atoms with Crippen LogP contribution in [0.1, 0.15) is 18.1 Å². The van der Waals surface area contributed by atoms with Crippen LogP contribution >= 0.6 is 0 Å². The summed E-state index contributed by atoms with van der Waals surface area (Å²) in [7, 11) is -4.72. The molecule has 0 radical (unpaired) electrons. The molecular weight excluding hydrogens is 285 g/mol. The van der Waals surface area contributed by atoms with Crippen molar-refractivity contribution >= 4 is 16.1 Å². The first kappa shape index (κ1) is 13.5. The third-order valence-corrected chi connectivity index (χ3v) is 4.66. The Labute approximate surface area is 116 Å². The number of carbonyl (C=O) groups is 1. The Hall–Kier alpha value is -1.47. The van der Waals surface area contributed by atoms with Crippen molar-refractivity contribution in [3.05, 3.63) is 29.3 Å². The maximum absolute atomic E-state index is 13.2. The summed E-state index contributed by atoms with van der Waals surface area (Å²) in [5.74, 6) is -0.0864. The first-order valence-corrected chi connectivity index (χ1v) is 7.76. The average molecular weight is 299 g/mol. The summed E-state index contributed by atoms with van der Waals surface area (Å²) in [6.07, 6.45) is -0.104. The highest BCUT2D eigenvalue weighted by atomic mass is 32.3. The Balaban J connectivity index is 1.88. The molecule has 5 nitrogen and oxygen atoms in total. The van der Waals surface area contributed by atoms with Crippen LogP contribution in [-0.4, -0.2) is 38.0 Å². The maximum atomic E-state index is 13.2. The van der Waals surface area contributed by atoms with E-state index in [4.69, 9.17) is 4.74 Å². The molecule has 3 rings (SSSR count). The number of amides is 1. The van der Waals surface area contributed by atoms with Gasteiger partial charge in [0.15, 0.2) is 6.10 Å². The lowest BCUT2D eigenvalue weighted by Crippen LogP contribution is -2.39. The number of rotatable bonds is 2. The summed E-state index contributed by atoms with van der Waals surface area (Å²) >= 11 is 0. The molecule has 0 saturated carbocycles. The highest BCUT2D eigenvalue weighted by Gasteiger charge is 2.44. The zero-order valence-electron chi connectivity index (χ0n) is 10.9. The molecule has 0 bridgehead atoms. The van der Waals surface area contributed by atoms with E-state index in [-0.39, 0.29) is 23.0 Å². The van der Waals surface area contributed by atoms with Crippen LogP contribution in [0.2, 0.25) is 0 Å². The van der Waals surface area contributed by atoms with E-state index in [0.29, 0.717) is 30.6 Å². The van der Waals surface area contributed by atoms with E-state index >= 15 is 0 Å². The molecule has 20 heavy (non-hydrogen) atoms. The number of nitrogens with zero attached hydrogens (tertiary/aromatic N) is 1. The molecule has 2 aliphatic heterocycles. The molecule has 1 saturated heterocycles. The molecule has 7 heteroatoms. The van der Waals surface area contributed by atoms with E-state index in [1.54, 1.807) is 11.0 Å². The smallest absolute Gasteiger partial charge is 0.332 e. The van der Waals surface area contributed by atoms with Crippen molar-refractivity contribution in [3.8, 4) is 0 Å². The third kappa shape index (κ3) is 2.31. The van der Waals surface area contributed by atoms with Crippen molar-refractivity contribution in [2.75, 3.05) is 6.54 Å². The number of ether oxygens (including phenoxy) is 1. The van der Waals surface area contributed by atoms with Crippen LogP contribution in [0, 0.1) is 0 Å². The minimum absolute atomic E-state index is 0.0542. The fraction of sp³-hybridized carbons (Fsp3) is 0.462. The first-order chi connectivity index (χ1) is 9.38. The Morgan fingerprint density at radius 1 is 1.45 bits per heavy atom. The summed E-state index contributed by atoms with van der Waals surface area (Å²) in [5, 5.41) is 0. The molecule has 1 fully saturated rings. The molecule has 108 valence electrons. The van der Waals surface area contributed by atoms with Gasteiger partial charge in [-0.25, -0.2) is 0 Å². The highest BCUT2D eigenvalue weighted by Crippen LogP contribution is 2.30. The predicted octanol–water partition coefficient (Wildman–Crippen LogP) is 1.02. The summed E-state index contributed by atoms with van der Waals surface area (Å²) in [6, 6.07) is 4.48. The van der Waals surface area contributed by atoms with E-state index < -0.39 is 10.2 Å². The maximum Gasteiger partial charge on any atom is 0.332 e. The minimum Gasteiger partial charge on any atom is -0.359 e. The van der Waals surface area contributed by atoms with Crippen molar-refractivity contribution in [2.45, 2.75) is 37.0 Å². The molecule has 1 aromatic carbocycles. The lowest BCUT2D eigenvalue weighted by Gasteiger charge is -2.29. The highest BCUT2D eigenvalue weighted by molar-refractivity contribution is 7.86. The number of benzene rings is 1. The van der Waals surface area contributed by atoms with Gasteiger partial charge in [0.2, 0.25) is 0 Å². The molecule has 1 amide bonds. The van der Waals surface area contributed by atoms with Gasteiger partial charge in [-0.05, 0) is 30.5 Å². The molecule has 0 N–H and O–H groups in total. The van der Waals surface area contributed by atoms with Crippen LogP contribution in [0.25, 0.3) is 0 Å². The number of hydrogen-bond acceptors (Lipinski definition) is 4. The molecule has 0 spiro atoms. The van der Waals surface area contributed by atoms with Gasteiger partial charge in [0.25, 0.3) is 5.91 Å². The predicted molar refractivity (Wildman–Crippen MR) is 68.2 cm³/mol. The SMILES string of the molecule is C[C@@H]1O[C@H]1C(=O)N1CCc2c(cccc2S(=O)(=O)F)C1. The van der Waals surface area contributed by atoms with Gasteiger partial charge in [0.05, 0.1) is 6.10 Å². The second-order valence-corrected chi connectivity index (χ2v) is 6.42. The summed E-state index contributed by atoms with van der Waals surface area (Å²) < 4.78 is 40.6. The zero-order chi connectivity index (χ0) is 14.5. The Morgan fingerprint density at radius 3 is 2.75 bits per heavy atom. The molecule has 2 aliphatic rings. The Kier molecular flexibility index (Phi) is 3.06. The molecule has 1 aromatic rings. The minimum atomic E-state index is -4.72. The van der Waals surface area contributed by atoms with Crippen LogP contribution in [0.5, 0.6) is 0 Å². The standard InChI is InChI=1S/C13H14FNO4S/c1-8-12(19-8)13(16)15-6-5-10-9(7-15)3-2-4-11(10)20(14,17)18/h2-4,8,12H,5-7H2,1H3/t8-,12+/m0/s1. The van der Waals surface area contributed by atoms with Crippen molar-refractivity contribution in [1.82, 2.24) is 4.90 Å². The van der Waals surface area contributed by atoms with Gasteiger partial charge >= 0.3 is 10.2 Å². The second kappa shape index (κ2) is 4.53. The largest absolute Gasteiger partial charge is 0.359 e. The van der Waals surface area contributed by atoms with E-state index in [0.717, 1.165) is 0 Å². The fourth-order valence-corrected chi connectivity index (χ4v) is 3.38. The van der Waals surface area contributed by atoms with E-state index in [1.165, 1.54) is 12.1 Å². The molecule has 2 heterocycles. The number of fused-ring (bicyclic) bond motifs is 1. The lowest BCUT2D eigenvalue weighted by molar-refractivity contribution is -0.133. The number of epoxide rings is 1. The van der Waals surface area contributed by atoms with Crippen LogP contribution in [0.3, 0.4) is 0 Å². The van der Waals surface area contributed by atoms with Crippen molar-refractivity contribution in [2.24, 2.45) is 0 Å². The fourth-order valence-electron chi connectivity index (χ4n) is 2.62. The van der Waals surface area contributed by atoms with Gasteiger partial charge in [0, 0.05) is 13.1 Å². The van der Waals surface area contributed by atoms with Gasteiger partial charge in [-0.3, -0.25) is 4.79 Å². The Bertz CT molecular complexity index is 673. The number of halogens is 1. The van der Waals surface area contributed by atoms with Crippen LogP contribution in [0.15, 0.2) is 23.1 Å². The van der Waals surface area contributed by atoms with Crippen molar-refractivity contribution in [3.63, 3.8) is 0 Å². The van der Waals surface area contributed by atoms with Crippen molar-refractivity contribution < 1.29 is 21.8 Å². The molecule has 0 aromatic heterocycles. The van der Waals surface area contributed by atoms with Gasteiger partial charge in [-0.15, -0.1) is 3.89 Å². The summed E-state index contributed by atoms with van der Waals surface area (Å²) in [4.78, 5) is 13.4. The second-order valence-electron chi connectivity index (χ2n) is 5.10. The van der Waals surface area contributed by atoms with Crippen LogP contribution < -0.4 is 0 Å². The lowest BCUT2D eigenvalue weighted by atomic mass is 9.99. The van der Waals surface area contributed by atoms with E-state index in [2.05, 4.69) is 0 Å². The van der Waals surface area contributed by atoms with Crippen molar-refractivity contribution in [1.29, 1.82) is 0 Å². The molecule has 0 unspecified atom stereocenters.